The van der Waals surface area contributed by atoms with Gasteiger partial charge in [0.05, 0.1) is 17.2 Å². The number of amides is 2. The molecule has 0 heterocycles. The van der Waals surface area contributed by atoms with Crippen LogP contribution in [0.15, 0.2) is 71.2 Å². The molecular formula is C26H25BrClN3O4S. The second-order valence-electron chi connectivity index (χ2n) is 7.65. The van der Waals surface area contributed by atoms with E-state index in [2.05, 4.69) is 31.9 Å². The van der Waals surface area contributed by atoms with Crippen molar-refractivity contribution in [1.29, 1.82) is 0 Å². The summed E-state index contributed by atoms with van der Waals surface area (Å²) >= 11 is 14.8. The summed E-state index contributed by atoms with van der Waals surface area (Å²) < 4.78 is 12.1. The number of ether oxygens (including phenoxy) is 2. The number of benzene rings is 3. The van der Waals surface area contributed by atoms with Crippen molar-refractivity contribution in [3.63, 3.8) is 0 Å². The van der Waals surface area contributed by atoms with Crippen molar-refractivity contribution in [3.05, 3.63) is 81.8 Å². The predicted molar refractivity (Wildman–Crippen MR) is 150 cm³/mol. The van der Waals surface area contributed by atoms with Crippen LogP contribution in [0, 0.1) is 0 Å². The number of para-hydroxylation sites is 1. The fourth-order valence-corrected chi connectivity index (χ4v) is 3.77. The molecule has 0 spiro atoms. The maximum absolute atomic E-state index is 12.8. The van der Waals surface area contributed by atoms with Crippen molar-refractivity contribution in [2.45, 2.75) is 26.4 Å². The van der Waals surface area contributed by atoms with Gasteiger partial charge in [0.1, 0.15) is 11.5 Å². The van der Waals surface area contributed by atoms with Crippen LogP contribution in [-0.2, 0) is 4.79 Å². The van der Waals surface area contributed by atoms with E-state index in [1.165, 1.54) is 0 Å². The van der Waals surface area contributed by atoms with Gasteiger partial charge in [0.15, 0.2) is 11.2 Å². The molecule has 0 aliphatic rings. The zero-order valence-corrected chi connectivity index (χ0v) is 22.8. The molecule has 0 saturated heterocycles. The first-order valence-electron chi connectivity index (χ1n) is 11.1. The molecule has 1 unspecified atom stereocenters. The van der Waals surface area contributed by atoms with Gasteiger partial charge in [-0.25, -0.2) is 0 Å². The molecule has 36 heavy (non-hydrogen) atoms. The molecule has 0 radical (unpaired) electrons. The average molecular weight is 591 g/mol. The largest absolute Gasteiger partial charge is 0.493 e. The molecule has 3 aromatic rings. The lowest BCUT2D eigenvalue weighted by Gasteiger charge is -2.16. The van der Waals surface area contributed by atoms with Gasteiger partial charge in [0, 0.05) is 15.8 Å². The standard InChI is InChI=1S/C26H25BrClN3O4S/c1-3-14-34-22-13-8-17(27)15-20(22)25(33)31-26(36)30-19-11-9-18(10-12-19)29-24(32)16(2)35-23-7-5-4-6-21(23)28/h4-13,15-16H,3,14H2,1-2H3,(H,29,32)(H2,30,31,33,36). The Morgan fingerprint density at radius 3 is 2.33 bits per heavy atom. The lowest BCUT2D eigenvalue weighted by molar-refractivity contribution is -0.122. The minimum atomic E-state index is -0.755. The number of hydrogen-bond donors (Lipinski definition) is 3. The van der Waals surface area contributed by atoms with E-state index in [-0.39, 0.29) is 11.0 Å². The minimum absolute atomic E-state index is 0.125. The third-order valence-electron chi connectivity index (χ3n) is 4.79. The molecule has 1 atom stereocenters. The number of hydrogen-bond acceptors (Lipinski definition) is 5. The van der Waals surface area contributed by atoms with Crippen LogP contribution < -0.4 is 25.4 Å². The zero-order valence-electron chi connectivity index (χ0n) is 19.6. The molecule has 3 aromatic carbocycles. The first-order chi connectivity index (χ1) is 17.3. The van der Waals surface area contributed by atoms with Gasteiger partial charge in [-0.2, -0.15) is 0 Å². The molecule has 0 bridgehead atoms. The van der Waals surface area contributed by atoms with Crippen LogP contribution in [0.25, 0.3) is 0 Å². The summed E-state index contributed by atoms with van der Waals surface area (Å²) in [6.07, 6.45) is 0.0654. The van der Waals surface area contributed by atoms with Crippen LogP contribution in [0.2, 0.25) is 5.02 Å². The quantitative estimate of drug-likeness (QED) is 0.249. The zero-order chi connectivity index (χ0) is 26.1. The maximum Gasteiger partial charge on any atom is 0.265 e. The van der Waals surface area contributed by atoms with E-state index in [0.717, 1.165) is 10.9 Å². The van der Waals surface area contributed by atoms with Crippen LogP contribution in [0.4, 0.5) is 11.4 Å². The summed E-state index contributed by atoms with van der Waals surface area (Å²) in [4.78, 5) is 25.3. The first kappa shape index (κ1) is 27.4. The monoisotopic (exact) mass is 589 g/mol. The van der Waals surface area contributed by atoms with Crippen molar-refractivity contribution in [1.82, 2.24) is 5.32 Å². The maximum atomic E-state index is 12.8. The third-order valence-corrected chi connectivity index (χ3v) is 5.80. The van der Waals surface area contributed by atoms with E-state index in [4.69, 9.17) is 33.3 Å². The van der Waals surface area contributed by atoms with Crippen LogP contribution in [0.1, 0.15) is 30.6 Å². The highest BCUT2D eigenvalue weighted by Crippen LogP contribution is 2.25. The number of thiocarbonyl (C=S) groups is 1. The Labute approximate surface area is 228 Å². The van der Waals surface area contributed by atoms with Crippen LogP contribution in [0.5, 0.6) is 11.5 Å². The van der Waals surface area contributed by atoms with E-state index in [1.807, 2.05) is 13.0 Å². The van der Waals surface area contributed by atoms with Gasteiger partial charge in [-0.1, -0.05) is 46.6 Å². The Balaban J connectivity index is 1.55. The van der Waals surface area contributed by atoms with Gasteiger partial charge in [-0.05, 0) is 80.2 Å². The number of anilines is 2. The van der Waals surface area contributed by atoms with E-state index >= 15 is 0 Å². The summed E-state index contributed by atoms with van der Waals surface area (Å²) in [6.45, 7) is 4.13. The molecule has 3 N–H and O–H groups in total. The summed E-state index contributed by atoms with van der Waals surface area (Å²) in [7, 11) is 0. The third kappa shape index (κ3) is 7.94. The molecule has 10 heteroatoms. The number of rotatable bonds is 9. The Kier molecular flexibility index (Phi) is 10.1. The molecule has 0 aliphatic carbocycles. The second kappa shape index (κ2) is 13.2. The van der Waals surface area contributed by atoms with Crippen molar-refractivity contribution in [2.75, 3.05) is 17.2 Å². The number of halogens is 2. The van der Waals surface area contributed by atoms with Crippen LogP contribution in [0.3, 0.4) is 0 Å². The highest BCUT2D eigenvalue weighted by atomic mass is 79.9. The van der Waals surface area contributed by atoms with Gasteiger partial charge in [0.25, 0.3) is 11.8 Å². The topological polar surface area (TPSA) is 88.7 Å². The minimum Gasteiger partial charge on any atom is -0.493 e. The highest BCUT2D eigenvalue weighted by Gasteiger charge is 2.17. The summed E-state index contributed by atoms with van der Waals surface area (Å²) in [5.41, 5.74) is 1.57. The molecule has 0 aromatic heterocycles. The van der Waals surface area contributed by atoms with Gasteiger partial charge >= 0.3 is 0 Å². The van der Waals surface area contributed by atoms with Crippen LogP contribution >= 0.6 is 39.7 Å². The molecule has 3 rings (SSSR count). The Hall–Kier alpha value is -3.14. The highest BCUT2D eigenvalue weighted by molar-refractivity contribution is 9.10. The van der Waals surface area contributed by atoms with E-state index in [9.17, 15) is 9.59 Å². The van der Waals surface area contributed by atoms with E-state index in [1.54, 1.807) is 67.6 Å². The summed E-state index contributed by atoms with van der Waals surface area (Å²) in [6, 6.07) is 19.0. The van der Waals surface area contributed by atoms with Gasteiger partial charge in [0.2, 0.25) is 0 Å². The molecule has 0 saturated carbocycles. The van der Waals surface area contributed by atoms with Crippen molar-refractivity contribution >= 4 is 68.1 Å². The fourth-order valence-electron chi connectivity index (χ4n) is 3.02. The Bertz CT molecular complexity index is 1240. The lowest BCUT2D eigenvalue weighted by Crippen LogP contribution is -2.34. The number of nitrogens with one attached hydrogen (secondary N) is 3. The van der Waals surface area contributed by atoms with E-state index in [0.29, 0.717) is 40.1 Å². The SMILES string of the molecule is CCCOc1ccc(Br)cc1C(=O)NC(=S)Nc1ccc(NC(=O)C(C)Oc2ccccc2Cl)cc1. The number of carbonyl (C=O) groups excluding carboxylic acids is 2. The average Bonchev–Trinajstić information content (AvgIpc) is 2.85. The number of carbonyl (C=O) groups is 2. The van der Waals surface area contributed by atoms with Crippen molar-refractivity contribution in [3.8, 4) is 11.5 Å². The first-order valence-corrected chi connectivity index (χ1v) is 12.7. The van der Waals surface area contributed by atoms with Crippen molar-refractivity contribution in [2.24, 2.45) is 0 Å². The summed E-state index contributed by atoms with van der Waals surface area (Å²) in [5.74, 6) is 0.196. The molecule has 0 aliphatic heterocycles. The second-order valence-corrected chi connectivity index (χ2v) is 9.39. The van der Waals surface area contributed by atoms with Gasteiger partial charge < -0.3 is 20.1 Å². The van der Waals surface area contributed by atoms with Gasteiger partial charge in [-0.15, -0.1) is 0 Å². The predicted octanol–water partition coefficient (Wildman–Crippen LogP) is 6.42. The summed E-state index contributed by atoms with van der Waals surface area (Å²) in [5, 5.41) is 8.96. The Morgan fingerprint density at radius 1 is 1.00 bits per heavy atom. The van der Waals surface area contributed by atoms with Gasteiger partial charge in [-0.3, -0.25) is 14.9 Å². The van der Waals surface area contributed by atoms with Crippen molar-refractivity contribution < 1.29 is 19.1 Å². The molecule has 188 valence electrons. The molecular weight excluding hydrogens is 566 g/mol. The molecule has 7 nitrogen and oxygen atoms in total. The van der Waals surface area contributed by atoms with Crippen LogP contribution in [-0.4, -0.2) is 29.6 Å². The normalized spacial score (nSPS) is 11.2. The van der Waals surface area contributed by atoms with E-state index < -0.39 is 12.0 Å². The Morgan fingerprint density at radius 2 is 1.67 bits per heavy atom. The fraction of sp³-hybridized carbons (Fsp3) is 0.192. The smallest absolute Gasteiger partial charge is 0.265 e. The molecule has 0 fully saturated rings. The lowest BCUT2D eigenvalue weighted by atomic mass is 10.2. The molecule has 2 amide bonds.